The number of ketones is 5. The molecule has 19 N–H and O–H groups in total. The highest BCUT2D eigenvalue weighted by molar-refractivity contribution is 5.99. The molecular formula is C78H128N16O14. The number of aliphatic hydroxyl groups is 1. The summed E-state index contributed by atoms with van der Waals surface area (Å²) in [6.45, 7) is 2.94. The molecule has 0 radical (unpaired) electrons. The van der Waals surface area contributed by atoms with Crippen molar-refractivity contribution in [3.8, 4) is 0 Å². The smallest absolute Gasteiger partial charge is 0.326 e. The van der Waals surface area contributed by atoms with Gasteiger partial charge in [0.1, 0.15) is 6.04 Å². The van der Waals surface area contributed by atoms with E-state index >= 15 is 0 Å². The number of nitrogens with two attached hydrogens (primary N) is 4. The number of carboxylic acid groups (broad SMARTS) is 1. The molecule has 11 atom stereocenters. The molecule has 4 aliphatic rings. The third-order valence-electron chi connectivity index (χ3n) is 21.3. The summed E-state index contributed by atoms with van der Waals surface area (Å²) in [5.74, 6) is -11.9. The van der Waals surface area contributed by atoms with Crippen molar-refractivity contribution in [2.75, 3.05) is 53.4 Å². The number of Topliss-reactive ketones (excluding diaryl/α,β-unsaturated/α-hetero) is 5. The fourth-order valence-electron chi connectivity index (χ4n) is 14.9. The Balaban J connectivity index is 1.36. The number of H-pyrrole nitrogens is 1. The maximum atomic E-state index is 15.0. The van der Waals surface area contributed by atoms with Crippen LogP contribution >= 0.6 is 0 Å². The molecule has 2 aliphatic heterocycles. The van der Waals surface area contributed by atoms with E-state index in [4.69, 9.17) is 22.9 Å². The number of aliphatic carboxylic acids is 1. The molecule has 11 unspecified atom stereocenters. The van der Waals surface area contributed by atoms with E-state index in [2.05, 4.69) is 62.5 Å². The van der Waals surface area contributed by atoms with Gasteiger partial charge in [0, 0.05) is 124 Å². The van der Waals surface area contributed by atoms with Crippen LogP contribution in [0.1, 0.15) is 225 Å². The lowest BCUT2D eigenvalue weighted by atomic mass is 9.80. The fourth-order valence-corrected chi connectivity index (χ4v) is 14.9. The van der Waals surface area contributed by atoms with Crippen molar-refractivity contribution in [2.24, 2.45) is 74.3 Å². The van der Waals surface area contributed by atoms with Gasteiger partial charge < -0.3 is 80.7 Å². The van der Waals surface area contributed by atoms with Crippen LogP contribution in [0.4, 0.5) is 0 Å². The van der Waals surface area contributed by atoms with Crippen LogP contribution in [0.2, 0.25) is 0 Å². The highest BCUT2D eigenvalue weighted by Gasteiger charge is 2.38. The zero-order valence-electron chi connectivity index (χ0n) is 64.3. The molecule has 30 nitrogen and oxygen atoms in total. The minimum Gasteiger partial charge on any atom is -0.480 e. The number of carboxylic acids is 1. The molecule has 0 saturated heterocycles. The number of aliphatic hydroxyl groups excluding tert-OH is 1. The lowest BCUT2D eigenvalue weighted by Gasteiger charge is -2.29. The molecule has 2 aliphatic carbocycles. The Hall–Kier alpha value is -7.61. The Morgan fingerprint density at radius 1 is 0.491 bits per heavy atom. The van der Waals surface area contributed by atoms with Gasteiger partial charge in [0.2, 0.25) is 35.4 Å². The van der Waals surface area contributed by atoms with Crippen LogP contribution in [0.25, 0.3) is 0 Å². The Bertz CT molecular complexity index is 3140. The number of amides is 6. The van der Waals surface area contributed by atoms with E-state index in [1.54, 1.807) is 32.6 Å². The van der Waals surface area contributed by atoms with Crippen LogP contribution in [0.15, 0.2) is 46.1 Å². The first-order valence-electron chi connectivity index (χ1n) is 39.8. The number of hydrogen-bond acceptors (Lipinski definition) is 22. The van der Waals surface area contributed by atoms with Gasteiger partial charge in [-0.15, -0.1) is 0 Å². The maximum absolute atomic E-state index is 15.0. The zero-order valence-corrected chi connectivity index (χ0v) is 64.3. The van der Waals surface area contributed by atoms with Gasteiger partial charge in [-0.05, 0) is 188 Å². The molecule has 0 aromatic carbocycles. The summed E-state index contributed by atoms with van der Waals surface area (Å²) in [6, 6.07) is -6.54. The molecule has 6 amide bonds. The number of carbonyl (C=O) groups excluding carboxylic acids is 11. The van der Waals surface area contributed by atoms with E-state index < -0.39 is 149 Å². The molecule has 108 heavy (non-hydrogen) atoms. The van der Waals surface area contributed by atoms with E-state index in [1.165, 1.54) is 19.4 Å². The molecule has 30 heteroatoms. The number of aromatic amines is 1. The van der Waals surface area contributed by atoms with Crippen LogP contribution in [-0.4, -0.2) is 199 Å². The van der Waals surface area contributed by atoms with Gasteiger partial charge in [-0.3, -0.25) is 62.7 Å². The number of nitrogens with one attached hydrogen (secondary N) is 9. The van der Waals surface area contributed by atoms with E-state index in [1.807, 2.05) is 6.08 Å². The Labute approximate surface area is 637 Å². The average Bonchev–Trinajstić information content (AvgIpc) is 1.42. The van der Waals surface area contributed by atoms with Crippen LogP contribution in [0.5, 0.6) is 0 Å². The molecule has 0 spiro atoms. The summed E-state index contributed by atoms with van der Waals surface area (Å²) < 4.78 is 0. The summed E-state index contributed by atoms with van der Waals surface area (Å²) >= 11 is 0. The van der Waals surface area contributed by atoms with E-state index in [-0.39, 0.29) is 108 Å². The number of rotatable bonds is 58. The van der Waals surface area contributed by atoms with E-state index in [0.717, 1.165) is 32.1 Å². The van der Waals surface area contributed by atoms with Crippen LogP contribution in [0, 0.1) is 41.4 Å². The number of nitrogens with zero attached hydrogens (tertiary/aromatic N) is 3. The van der Waals surface area contributed by atoms with E-state index in [0.29, 0.717) is 140 Å². The molecular weight excluding hydrogens is 1380 g/mol. The number of unbranched alkanes of at least 4 members (excludes halogenated alkanes) is 3. The first kappa shape index (κ1) is 91.0. The number of aromatic nitrogens is 2. The van der Waals surface area contributed by atoms with Crippen LogP contribution < -0.4 is 65.5 Å². The Kier molecular flexibility index (Phi) is 43.0. The van der Waals surface area contributed by atoms with E-state index in [9.17, 15) is 67.7 Å². The Morgan fingerprint density at radius 3 is 1.36 bits per heavy atom. The molecule has 3 heterocycles. The van der Waals surface area contributed by atoms with Gasteiger partial charge in [-0.1, -0.05) is 44.3 Å². The number of carbonyl (C=O) groups is 12. The summed E-state index contributed by atoms with van der Waals surface area (Å²) in [7, 11) is 3.51. The predicted molar refractivity (Wildman–Crippen MR) is 412 cm³/mol. The summed E-state index contributed by atoms with van der Waals surface area (Å²) in [5.41, 5.74) is 25.1. The lowest BCUT2D eigenvalue weighted by Crippen LogP contribution is -2.49. The first-order chi connectivity index (χ1) is 51.9. The minimum absolute atomic E-state index is 0.0285. The summed E-state index contributed by atoms with van der Waals surface area (Å²) in [5, 5.41) is 43.9. The van der Waals surface area contributed by atoms with Gasteiger partial charge >= 0.3 is 5.97 Å². The average molecular weight is 1510 g/mol. The first-order valence-corrected chi connectivity index (χ1v) is 39.8. The Morgan fingerprint density at radius 2 is 0.917 bits per heavy atom. The number of hydrogen-bond donors (Lipinski definition) is 15. The third-order valence-corrected chi connectivity index (χ3v) is 21.3. The highest BCUT2D eigenvalue weighted by atomic mass is 16.4. The molecule has 604 valence electrons. The largest absolute Gasteiger partial charge is 0.480 e. The molecule has 2 saturated carbocycles. The third kappa shape index (κ3) is 34.1. The zero-order chi connectivity index (χ0) is 78.8. The van der Waals surface area contributed by atoms with Crippen molar-refractivity contribution in [1.29, 1.82) is 0 Å². The molecule has 1 aromatic heterocycles. The quantitative estimate of drug-likeness (QED) is 0.0414. The van der Waals surface area contributed by atoms with Crippen molar-refractivity contribution in [3.05, 3.63) is 41.8 Å². The minimum atomic E-state index is -1.28. The monoisotopic (exact) mass is 1510 g/mol. The maximum Gasteiger partial charge on any atom is 0.326 e. The molecule has 1 aromatic rings. The fraction of sp³-hybridized carbons (Fsp3) is 0.731. The van der Waals surface area contributed by atoms with Gasteiger partial charge in [0.25, 0.3) is 0 Å². The van der Waals surface area contributed by atoms with Crippen molar-refractivity contribution in [3.63, 3.8) is 0 Å². The van der Waals surface area contributed by atoms with Crippen molar-refractivity contribution >= 4 is 82.8 Å². The molecule has 2 fully saturated rings. The predicted octanol–water partition coefficient (Wildman–Crippen LogP) is 3.60. The lowest BCUT2D eigenvalue weighted by molar-refractivity contribution is -0.143. The standard InChI is InChI=1S/C78H128N16O14/c1-50(82)72(101)90-63(23-7-10-30-79)68(97)42-54(20-14-34-84-3)75(104)93-66(45-58-21-15-35-86-58)71(100)44-57(39-60-47-85-49-89-60)73(102)88-48-62(96)40-55(38-52-26-28-61(95)29-27-52)76(105)92-64(24-8-11-31-80)69(98)41-53(19-13-33-83-2)74(103)91-65(25-9-12-32-81)70(99)43-56(37-51-17-5-4-6-18-51)77(106)94-67(78(107)108)46-59-22-16-36-87-59/h21-22,35-36,47,49-57,61,63-67,83-84,95H,4-20,23-34,37-46,48,79-82H2,1-3H3,(H,85,89)(H,88,102)(H,90,101)(H,91,103)(H,92,105)(H,93,104)(H,94,106)(H,107,108). The van der Waals surface area contributed by atoms with Gasteiger partial charge in [0.05, 0.1) is 55.1 Å². The number of allylic oxidation sites excluding steroid dienone is 2. The van der Waals surface area contributed by atoms with Gasteiger partial charge in [-0.2, -0.15) is 0 Å². The van der Waals surface area contributed by atoms with Crippen LogP contribution in [0.3, 0.4) is 0 Å². The molecule has 0 bridgehead atoms. The normalized spacial score (nSPS) is 18.8. The second-order valence-corrected chi connectivity index (χ2v) is 30.2. The van der Waals surface area contributed by atoms with Gasteiger partial charge in [0.15, 0.2) is 28.9 Å². The number of aliphatic imine (C=N–C) groups is 2. The second kappa shape index (κ2) is 51.0. The molecule has 5 rings (SSSR count). The SMILES string of the molecule is CNCCCC(CC(=O)C(CCCCN)NC(=O)C(CC(=O)CNC(=O)C(CC(=O)C(CC1=CCC=N1)NC(=O)C(CCCNC)CC(=O)C(CCCCN)NC(=O)C(C)N)Cc1cnc[nH]1)CC1CCC(O)CC1)C(=O)NC(CCCCN)C(=O)CC(CC1CCCCC1)C(=O)NC(CC1=CCC=N1)C(=O)O. The highest BCUT2D eigenvalue weighted by Crippen LogP contribution is 2.34. The van der Waals surface area contributed by atoms with Gasteiger partial charge in [-0.25, -0.2) is 9.78 Å². The van der Waals surface area contributed by atoms with Crippen LogP contribution in [-0.2, 0) is 64.0 Å². The van der Waals surface area contributed by atoms with Crippen molar-refractivity contribution in [2.45, 2.75) is 268 Å². The topological polar surface area (TPSA) is 499 Å². The summed E-state index contributed by atoms with van der Waals surface area (Å²) in [6.07, 6.45) is 21.1. The van der Waals surface area contributed by atoms with Crippen molar-refractivity contribution in [1.82, 2.24) is 52.5 Å². The number of imidazole rings is 1. The second-order valence-electron chi connectivity index (χ2n) is 30.2. The summed E-state index contributed by atoms with van der Waals surface area (Å²) in [4.78, 5) is 187. The van der Waals surface area contributed by atoms with Crippen molar-refractivity contribution < 1.29 is 67.7 Å².